The number of hydrogen-bond acceptors (Lipinski definition) is 5. The zero-order valence-electron chi connectivity index (χ0n) is 18.3. The third-order valence-corrected chi connectivity index (χ3v) is 7.73. The van der Waals surface area contributed by atoms with Crippen LogP contribution in [0.3, 0.4) is 0 Å². The van der Waals surface area contributed by atoms with E-state index in [0.717, 1.165) is 11.3 Å². The second-order valence-electron chi connectivity index (χ2n) is 7.33. The van der Waals surface area contributed by atoms with Gasteiger partial charge in [0.15, 0.2) is 14.7 Å². The van der Waals surface area contributed by atoms with Crippen LogP contribution < -0.4 is 5.26 Å². The second kappa shape index (κ2) is 13.5. The fourth-order valence-corrected chi connectivity index (χ4v) is 5.87. The molecule has 5 nitrogen and oxygen atoms in total. The molecule has 1 fully saturated rings. The topological polar surface area (TPSA) is 61.8 Å². The summed E-state index contributed by atoms with van der Waals surface area (Å²) in [6, 6.07) is 32.2. The number of alkyl halides is 2. The first kappa shape index (κ1) is 26.2. The average Bonchev–Trinajstić information content (AvgIpc) is 2.90. The number of halogens is 2. The van der Waals surface area contributed by atoms with Crippen LogP contribution in [0.1, 0.15) is 19.3 Å². The van der Waals surface area contributed by atoms with Crippen LogP contribution in [0.2, 0.25) is 0 Å². The minimum absolute atomic E-state index is 0.0146. The van der Waals surface area contributed by atoms with E-state index < -0.39 is 23.2 Å². The lowest BCUT2D eigenvalue weighted by Gasteiger charge is -2.29. The normalized spacial score (nSPS) is 13.8. The molecule has 1 amide bonds. The summed E-state index contributed by atoms with van der Waals surface area (Å²) in [5.74, 6) is -1.34. The van der Waals surface area contributed by atoms with Gasteiger partial charge in [0.2, 0.25) is 0 Å². The van der Waals surface area contributed by atoms with Gasteiger partial charge in [0.1, 0.15) is 12.0 Å². The highest BCUT2D eigenvalue weighted by Crippen LogP contribution is 2.33. The Balaban J connectivity index is 0.000000197. The Morgan fingerprint density at radius 1 is 0.794 bits per heavy atom. The number of piperidine rings is 1. The van der Waals surface area contributed by atoms with E-state index in [1.807, 2.05) is 0 Å². The molecule has 0 saturated carbocycles. The maximum absolute atomic E-state index is 13.0. The Labute approximate surface area is 205 Å². The van der Waals surface area contributed by atoms with Crippen LogP contribution in [0.15, 0.2) is 106 Å². The summed E-state index contributed by atoms with van der Waals surface area (Å²) in [5.41, 5.74) is 0. The monoisotopic (exact) mass is 505 g/mol. The fourth-order valence-electron chi connectivity index (χ4n) is 3.45. The molecule has 4 rings (SSSR count). The molecule has 9 heteroatoms. The molecular formula is C25H25F2NO4S2. The highest BCUT2D eigenvalue weighted by molar-refractivity contribution is 7.97. The number of carbonyl (C=O) groups is 1. The molecule has 0 bridgehead atoms. The predicted octanol–water partition coefficient (Wildman–Crippen LogP) is 5.25. The molecule has 0 N–H and O–H groups in total. The molecule has 0 aliphatic carbocycles. The lowest BCUT2D eigenvalue weighted by Crippen LogP contribution is -2.44. The van der Waals surface area contributed by atoms with Crippen molar-refractivity contribution in [2.75, 3.05) is 13.1 Å². The van der Waals surface area contributed by atoms with Crippen LogP contribution in [0.5, 0.6) is 0 Å². The molecule has 180 valence electrons. The lowest BCUT2D eigenvalue weighted by atomic mass is 10.1. The van der Waals surface area contributed by atoms with E-state index in [2.05, 4.69) is 100 Å². The smallest absolute Gasteiger partial charge is 0.397 e. The minimum atomic E-state index is -3.78. The summed E-state index contributed by atoms with van der Waals surface area (Å²) in [7, 11) is -0.0146. The molecule has 0 atom stereocenters. The Hall–Kier alpha value is -2.43. The molecule has 1 saturated heterocycles. The van der Waals surface area contributed by atoms with Crippen molar-refractivity contribution in [2.45, 2.75) is 39.2 Å². The van der Waals surface area contributed by atoms with Gasteiger partial charge in [-0.1, -0.05) is 54.6 Å². The number of hydrogen-bond donors (Lipinski definition) is 0. The van der Waals surface area contributed by atoms with Crippen molar-refractivity contribution < 1.29 is 28.2 Å². The number of carbonyl (C=O) groups excluding carboxylic acids is 1. The number of benzene rings is 3. The van der Waals surface area contributed by atoms with Crippen molar-refractivity contribution in [2.24, 2.45) is 0 Å². The largest absolute Gasteiger partial charge is 0.691 e. The van der Waals surface area contributed by atoms with Crippen molar-refractivity contribution in [1.82, 2.24) is 4.90 Å². The zero-order chi connectivity index (χ0) is 24.2. The van der Waals surface area contributed by atoms with Gasteiger partial charge < -0.3 is 10.2 Å². The lowest BCUT2D eigenvalue weighted by molar-refractivity contribution is -0.777. The highest BCUT2D eigenvalue weighted by atomic mass is 32.2. The molecule has 1 aliphatic rings. The van der Waals surface area contributed by atoms with Gasteiger partial charge in [0, 0.05) is 13.1 Å². The van der Waals surface area contributed by atoms with Gasteiger partial charge in [-0.25, -0.2) is 0 Å². The molecule has 34 heavy (non-hydrogen) atoms. The minimum Gasteiger partial charge on any atom is -0.691 e. The zero-order valence-corrected chi connectivity index (χ0v) is 20.0. The SMILES string of the molecule is O=C(N1CCCCC1)C(F)(F)SOO[O-].c1ccc([S+](c2ccccc2)c2ccccc2)cc1. The molecule has 1 heterocycles. The molecule has 3 aromatic rings. The molecule has 3 aromatic carbocycles. The number of likely N-dealkylation sites (tertiary alicyclic amines) is 1. The van der Waals surface area contributed by atoms with Crippen LogP contribution in [-0.2, 0) is 25.1 Å². The first-order valence-electron chi connectivity index (χ1n) is 10.7. The van der Waals surface area contributed by atoms with E-state index in [1.165, 1.54) is 14.7 Å². The van der Waals surface area contributed by atoms with Gasteiger partial charge in [0.25, 0.3) is 0 Å². The van der Waals surface area contributed by atoms with Crippen LogP contribution in [0, 0.1) is 0 Å². The number of amides is 1. The van der Waals surface area contributed by atoms with Gasteiger partial charge in [-0.3, -0.25) is 9.83 Å². The molecule has 0 radical (unpaired) electrons. The molecule has 0 aromatic heterocycles. The van der Waals surface area contributed by atoms with Crippen LogP contribution >= 0.6 is 12.0 Å². The molecule has 0 unspecified atom stereocenters. The Kier molecular flexibility index (Phi) is 10.4. The first-order valence-corrected chi connectivity index (χ1v) is 12.7. The Morgan fingerprint density at radius 3 is 1.59 bits per heavy atom. The summed E-state index contributed by atoms with van der Waals surface area (Å²) in [4.78, 5) is 16.4. The Morgan fingerprint density at radius 2 is 1.21 bits per heavy atom. The van der Waals surface area contributed by atoms with Crippen molar-refractivity contribution in [1.29, 1.82) is 0 Å². The maximum atomic E-state index is 13.0. The molecule has 0 spiro atoms. The van der Waals surface area contributed by atoms with Crippen LogP contribution in [0.4, 0.5) is 8.78 Å². The number of rotatable bonds is 7. The van der Waals surface area contributed by atoms with Crippen LogP contribution in [0.25, 0.3) is 0 Å². The van der Waals surface area contributed by atoms with Crippen molar-refractivity contribution in [3.63, 3.8) is 0 Å². The van der Waals surface area contributed by atoms with Crippen molar-refractivity contribution in [3.8, 4) is 0 Å². The van der Waals surface area contributed by atoms with Gasteiger partial charge in [-0.05, 0) is 55.7 Å². The van der Waals surface area contributed by atoms with E-state index in [-0.39, 0.29) is 10.9 Å². The summed E-state index contributed by atoms with van der Waals surface area (Å²) < 4.78 is 29.5. The molecule has 1 aliphatic heterocycles. The highest BCUT2D eigenvalue weighted by Gasteiger charge is 2.44. The van der Waals surface area contributed by atoms with Gasteiger partial charge in [-0.2, -0.15) is 13.1 Å². The average molecular weight is 506 g/mol. The van der Waals surface area contributed by atoms with E-state index in [0.29, 0.717) is 25.9 Å². The third kappa shape index (κ3) is 7.54. The standard InChI is InChI=1S/C18H15S.C7H11F2NO4S/c1-4-10-16(11-5-1)19(17-12-6-2-7-13-17)18-14-8-3-9-15-18;8-7(9,15-14-13-12)6(11)10-4-2-1-3-5-10/h1-15H;12H,1-5H2/q+1;/p-1. The summed E-state index contributed by atoms with van der Waals surface area (Å²) in [6.45, 7) is 0.625. The van der Waals surface area contributed by atoms with Crippen molar-refractivity contribution in [3.05, 3.63) is 91.0 Å². The van der Waals surface area contributed by atoms with E-state index >= 15 is 0 Å². The van der Waals surface area contributed by atoms with E-state index in [4.69, 9.17) is 0 Å². The van der Waals surface area contributed by atoms with Gasteiger partial charge in [-0.15, -0.1) is 0 Å². The summed E-state index contributed by atoms with van der Waals surface area (Å²) in [5, 5.41) is 8.38. The molecular weight excluding hydrogens is 480 g/mol. The predicted molar refractivity (Wildman–Crippen MR) is 127 cm³/mol. The Bertz CT molecular complexity index is 898. The van der Waals surface area contributed by atoms with Crippen LogP contribution in [-0.4, -0.2) is 29.2 Å². The summed E-state index contributed by atoms with van der Waals surface area (Å²) in [6.07, 6.45) is 2.36. The van der Waals surface area contributed by atoms with E-state index in [1.54, 1.807) is 0 Å². The summed E-state index contributed by atoms with van der Waals surface area (Å²) >= 11 is -0.579. The quantitative estimate of drug-likeness (QED) is 0.190. The number of nitrogens with zero attached hydrogens (tertiary/aromatic N) is 1. The van der Waals surface area contributed by atoms with Gasteiger partial charge in [0.05, 0.1) is 10.9 Å². The van der Waals surface area contributed by atoms with E-state index in [9.17, 15) is 18.8 Å². The fraction of sp³-hybridized carbons (Fsp3) is 0.240. The maximum Gasteiger partial charge on any atom is 0.397 e. The second-order valence-corrected chi connectivity index (χ2v) is 10.2. The first-order chi connectivity index (χ1) is 16.5. The van der Waals surface area contributed by atoms with Gasteiger partial charge >= 0.3 is 11.2 Å². The van der Waals surface area contributed by atoms with Crippen molar-refractivity contribution >= 4 is 28.8 Å². The third-order valence-electron chi connectivity index (χ3n) is 5.00.